The Kier molecular flexibility index (Phi) is 3.75. The summed E-state index contributed by atoms with van der Waals surface area (Å²) in [6.45, 7) is 5.48. The van der Waals surface area contributed by atoms with Gasteiger partial charge in [0.05, 0.1) is 12.1 Å². The summed E-state index contributed by atoms with van der Waals surface area (Å²) < 4.78 is 5.38. The molecule has 90 valence electrons. The third-order valence-electron chi connectivity index (χ3n) is 2.82. The van der Waals surface area contributed by atoms with Gasteiger partial charge in [-0.1, -0.05) is 6.92 Å². The summed E-state index contributed by atoms with van der Waals surface area (Å²) in [5, 5.41) is 9.19. The lowest BCUT2D eigenvalue weighted by Gasteiger charge is -2.33. The van der Waals surface area contributed by atoms with Crippen molar-refractivity contribution in [3.63, 3.8) is 0 Å². The molecule has 0 aromatic carbocycles. The molecule has 16 heavy (non-hydrogen) atoms. The molecule has 1 rings (SSSR count). The summed E-state index contributed by atoms with van der Waals surface area (Å²) in [4.78, 5) is 13.5. The molecule has 1 aromatic rings. The lowest BCUT2D eigenvalue weighted by Crippen LogP contribution is -2.47. The molecule has 0 atom stereocenters. The van der Waals surface area contributed by atoms with Gasteiger partial charge in [-0.2, -0.15) is 0 Å². The van der Waals surface area contributed by atoms with E-state index in [0.29, 0.717) is 5.76 Å². The predicted molar refractivity (Wildman–Crippen MR) is 61.3 cm³/mol. The van der Waals surface area contributed by atoms with Crippen LogP contribution in [0.25, 0.3) is 0 Å². The van der Waals surface area contributed by atoms with Crippen LogP contribution in [0.15, 0.2) is 16.5 Å². The summed E-state index contributed by atoms with van der Waals surface area (Å²) in [6.07, 6.45) is 0.764. The Balaban J connectivity index is 2.85. The molecule has 4 nitrogen and oxygen atoms in total. The second-order valence-electron chi connectivity index (χ2n) is 4.45. The highest BCUT2D eigenvalue weighted by Crippen LogP contribution is 2.17. The van der Waals surface area contributed by atoms with Crippen molar-refractivity contribution < 1.29 is 14.3 Å². The number of aliphatic hydroxyl groups excluding tert-OH is 1. The second kappa shape index (κ2) is 4.70. The molecule has 4 heteroatoms. The van der Waals surface area contributed by atoms with Gasteiger partial charge in [-0.05, 0) is 26.0 Å². The molecule has 1 N–H and O–H groups in total. The number of rotatable bonds is 4. The van der Waals surface area contributed by atoms with Crippen LogP contribution < -0.4 is 0 Å². The molecule has 0 unspecified atom stereocenters. The number of aryl methyl sites for hydroxylation is 1. The van der Waals surface area contributed by atoms with Crippen molar-refractivity contribution in [3.8, 4) is 0 Å². The van der Waals surface area contributed by atoms with Crippen LogP contribution in [0, 0.1) is 0 Å². The average Bonchev–Trinajstić information content (AvgIpc) is 2.75. The molecule has 0 fully saturated rings. The van der Waals surface area contributed by atoms with Crippen molar-refractivity contribution in [1.82, 2.24) is 4.90 Å². The van der Waals surface area contributed by atoms with Crippen LogP contribution in [-0.2, 0) is 6.42 Å². The summed E-state index contributed by atoms with van der Waals surface area (Å²) >= 11 is 0. The lowest BCUT2D eigenvalue weighted by atomic mass is 10.1. The number of furan rings is 1. The minimum atomic E-state index is -0.587. The largest absolute Gasteiger partial charge is 0.456 e. The maximum Gasteiger partial charge on any atom is 0.289 e. The van der Waals surface area contributed by atoms with E-state index < -0.39 is 5.54 Å². The van der Waals surface area contributed by atoms with Crippen molar-refractivity contribution in [2.24, 2.45) is 0 Å². The molecule has 0 spiro atoms. The Bertz CT molecular complexity index is 368. The van der Waals surface area contributed by atoms with Crippen LogP contribution in [0.2, 0.25) is 0 Å². The summed E-state index contributed by atoms with van der Waals surface area (Å²) in [5.74, 6) is 0.901. The molecule has 0 bridgehead atoms. The number of aliphatic hydroxyl groups is 1. The number of hydrogen-bond donors (Lipinski definition) is 1. The van der Waals surface area contributed by atoms with E-state index in [1.807, 2.05) is 6.92 Å². The number of nitrogens with zero attached hydrogens (tertiary/aromatic N) is 1. The predicted octanol–water partition coefficient (Wildman–Crippen LogP) is 1.68. The van der Waals surface area contributed by atoms with Gasteiger partial charge in [-0.25, -0.2) is 0 Å². The first-order chi connectivity index (χ1) is 7.42. The molecule has 0 saturated heterocycles. The molecule has 0 aliphatic rings. The van der Waals surface area contributed by atoms with Crippen molar-refractivity contribution in [1.29, 1.82) is 0 Å². The quantitative estimate of drug-likeness (QED) is 0.848. The highest BCUT2D eigenvalue weighted by atomic mass is 16.4. The minimum Gasteiger partial charge on any atom is -0.456 e. The van der Waals surface area contributed by atoms with E-state index in [2.05, 4.69) is 0 Å². The first kappa shape index (κ1) is 12.8. The Morgan fingerprint density at radius 3 is 2.56 bits per heavy atom. The fourth-order valence-corrected chi connectivity index (χ4v) is 1.23. The fraction of sp³-hybridized carbons (Fsp3) is 0.583. The average molecular weight is 225 g/mol. The van der Waals surface area contributed by atoms with Crippen LogP contribution in [0.5, 0.6) is 0 Å². The van der Waals surface area contributed by atoms with E-state index in [4.69, 9.17) is 4.42 Å². The molecular formula is C12H19NO3. The van der Waals surface area contributed by atoms with E-state index in [1.165, 1.54) is 4.90 Å². The summed E-state index contributed by atoms with van der Waals surface area (Å²) in [5.41, 5.74) is -0.587. The van der Waals surface area contributed by atoms with Gasteiger partial charge in [0, 0.05) is 13.5 Å². The van der Waals surface area contributed by atoms with Crippen LogP contribution in [0.4, 0.5) is 0 Å². The summed E-state index contributed by atoms with van der Waals surface area (Å²) in [7, 11) is 1.66. The van der Waals surface area contributed by atoms with Crippen molar-refractivity contribution in [2.75, 3.05) is 13.7 Å². The Labute approximate surface area is 95.9 Å². The second-order valence-corrected chi connectivity index (χ2v) is 4.45. The molecule has 1 aromatic heterocycles. The third-order valence-corrected chi connectivity index (χ3v) is 2.82. The topological polar surface area (TPSA) is 53.7 Å². The highest BCUT2D eigenvalue weighted by molar-refractivity contribution is 5.91. The van der Waals surface area contributed by atoms with Crippen LogP contribution in [0.1, 0.15) is 37.1 Å². The maximum atomic E-state index is 12.0. The van der Waals surface area contributed by atoms with Crippen molar-refractivity contribution >= 4 is 5.91 Å². The van der Waals surface area contributed by atoms with Crippen LogP contribution in [0.3, 0.4) is 0 Å². The monoisotopic (exact) mass is 225 g/mol. The third kappa shape index (κ3) is 2.44. The lowest BCUT2D eigenvalue weighted by molar-refractivity contribution is 0.0443. The van der Waals surface area contributed by atoms with Crippen LogP contribution >= 0.6 is 0 Å². The zero-order chi connectivity index (χ0) is 12.3. The van der Waals surface area contributed by atoms with Gasteiger partial charge < -0.3 is 14.4 Å². The number of amides is 1. The zero-order valence-corrected chi connectivity index (χ0v) is 10.3. The standard InChI is InChI=1S/C12H19NO3/c1-5-9-6-7-10(16-9)11(15)13(4)12(2,3)8-14/h6-7,14H,5,8H2,1-4H3. The Morgan fingerprint density at radius 1 is 1.50 bits per heavy atom. The van der Waals surface area contributed by atoms with E-state index in [1.54, 1.807) is 33.0 Å². The molecule has 0 radical (unpaired) electrons. The molecule has 0 aliphatic carbocycles. The van der Waals surface area contributed by atoms with E-state index >= 15 is 0 Å². The van der Waals surface area contributed by atoms with Gasteiger partial charge in [0.1, 0.15) is 5.76 Å². The van der Waals surface area contributed by atoms with Gasteiger partial charge in [0.2, 0.25) is 0 Å². The minimum absolute atomic E-state index is 0.0867. The maximum absolute atomic E-state index is 12.0. The van der Waals surface area contributed by atoms with E-state index in [0.717, 1.165) is 12.2 Å². The van der Waals surface area contributed by atoms with Gasteiger partial charge in [0.25, 0.3) is 5.91 Å². The SMILES string of the molecule is CCc1ccc(C(=O)N(C)C(C)(C)CO)o1. The Hall–Kier alpha value is -1.29. The molecular weight excluding hydrogens is 206 g/mol. The first-order valence-electron chi connectivity index (χ1n) is 5.40. The van der Waals surface area contributed by atoms with E-state index in [-0.39, 0.29) is 12.5 Å². The Morgan fingerprint density at radius 2 is 2.12 bits per heavy atom. The number of hydrogen-bond acceptors (Lipinski definition) is 3. The van der Waals surface area contributed by atoms with Gasteiger partial charge in [0.15, 0.2) is 5.76 Å². The number of carbonyl (C=O) groups excluding carboxylic acids is 1. The number of likely N-dealkylation sites (N-methyl/N-ethyl adjacent to an activating group) is 1. The highest BCUT2D eigenvalue weighted by Gasteiger charge is 2.29. The van der Waals surface area contributed by atoms with Crippen LogP contribution in [-0.4, -0.2) is 35.1 Å². The molecule has 1 heterocycles. The normalized spacial score (nSPS) is 11.6. The molecule has 1 amide bonds. The molecule has 0 saturated carbocycles. The van der Waals surface area contributed by atoms with Gasteiger partial charge in [-0.3, -0.25) is 4.79 Å². The fourth-order valence-electron chi connectivity index (χ4n) is 1.23. The van der Waals surface area contributed by atoms with E-state index in [9.17, 15) is 9.90 Å². The smallest absolute Gasteiger partial charge is 0.289 e. The first-order valence-corrected chi connectivity index (χ1v) is 5.40. The summed E-state index contributed by atoms with van der Waals surface area (Å²) in [6, 6.07) is 3.47. The van der Waals surface area contributed by atoms with Gasteiger partial charge in [-0.15, -0.1) is 0 Å². The number of carbonyl (C=O) groups is 1. The van der Waals surface area contributed by atoms with Gasteiger partial charge >= 0.3 is 0 Å². The van der Waals surface area contributed by atoms with Crippen molar-refractivity contribution in [2.45, 2.75) is 32.7 Å². The zero-order valence-electron chi connectivity index (χ0n) is 10.3. The van der Waals surface area contributed by atoms with Crippen molar-refractivity contribution in [3.05, 3.63) is 23.7 Å². The molecule has 0 aliphatic heterocycles.